The predicted octanol–water partition coefficient (Wildman–Crippen LogP) is 3.85. The molecule has 0 saturated carbocycles. The molecule has 1 aromatic rings. The lowest BCUT2D eigenvalue weighted by Gasteiger charge is -2.39. The van der Waals surface area contributed by atoms with Gasteiger partial charge in [-0.25, -0.2) is 0 Å². The number of nitrogens with one attached hydrogen (secondary N) is 1. The highest BCUT2D eigenvalue weighted by Crippen LogP contribution is 2.25. The maximum Gasteiger partial charge on any atom is 0.0372 e. The van der Waals surface area contributed by atoms with E-state index in [-0.39, 0.29) is 0 Å². The SMILES string of the molecule is CC1CCCC(C)N1CCc1ccc2c(c1)CCCN2. The zero-order valence-electron chi connectivity index (χ0n) is 13.0. The van der Waals surface area contributed by atoms with Gasteiger partial charge in [-0.2, -0.15) is 0 Å². The Kier molecular flexibility index (Phi) is 4.30. The monoisotopic (exact) mass is 272 g/mol. The molecule has 0 aliphatic carbocycles. The lowest BCUT2D eigenvalue weighted by atomic mass is 9.96. The highest BCUT2D eigenvalue weighted by Gasteiger charge is 2.24. The van der Waals surface area contributed by atoms with E-state index in [1.54, 1.807) is 0 Å². The first kappa shape index (κ1) is 13.9. The molecular formula is C18H28N2. The molecule has 2 unspecified atom stereocenters. The van der Waals surface area contributed by atoms with Crippen molar-refractivity contribution in [1.29, 1.82) is 0 Å². The first-order valence-electron chi connectivity index (χ1n) is 8.35. The van der Waals surface area contributed by atoms with E-state index in [1.165, 1.54) is 61.9 Å². The lowest BCUT2D eigenvalue weighted by molar-refractivity contribution is 0.105. The summed E-state index contributed by atoms with van der Waals surface area (Å²) in [5.41, 5.74) is 4.39. The molecule has 2 heteroatoms. The van der Waals surface area contributed by atoms with Crippen molar-refractivity contribution in [3.63, 3.8) is 0 Å². The second-order valence-corrected chi connectivity index (χ2v) is 6.64. The van der Waals surface area contributed by atoms with Crippen LogP contribution in [-0.4, -0.2) is 30.1 Å². The van der Waals surface area contributed by atoms with Gasteiger partial charge < -0.3 is 5.32 Å². The summed E-state index contributed by atoms with van der Waals surface area (Å²) >= 11 is 0. The smallest absolute Gasteiger partial charge is 0.0372 e. The van der Waals surface area contributed by atoms with Crippen LogP contribution in [-0.2, 0) is 12.8 Å². The van der Waals surface area contributed by atoms with E-state index in [0.29, 0.717) is 0 Å². The molecule has 3 rings (SSSR count). The van der Waals surface area contributed by atoms with Crippen molar-refractivity contribution in [3.8, 4) is 0 Å². The molecule has 1 saturated heterocycles. The molecule has 0 radical (unpaired) electrons. The van der Waals surface area contributed by atoms with Gasteiger partial charge in [-0.05, 0) is 63.1 Å². The van der Waals surface area contributed by atoms with Crippen molar-refractivity contribution in [2.75, 3.05) is 18.4 Å². The second kappa shape index (κ2) is 6.17. The molecule has 20 heavy (non-hydrogen) atoms. The van der Waals surface area contributed by atoms with Crippen molar-refractivity contribution in [2.24, 2.45) is 0 Å². The van der Waals surface area contributed by atoms with Crippen molar-refractivity contribution in [2.45, 2.75) is 64.5 Å². The number of hydrogen-bond donors (Lipinski definition) is 1. The molecule has 0 aromatic heterocycles. The summed E-state index contributed by atoms with van der Waals surface area (Å²) in [6, 6.07) is 8.56. The third-order valence-corrected chi connectivity index (χ3v) is 5.14. The van der Waals surface area contributed by atoms with Gasteiger partial charge in [0.2, 0.25) is 0 Å². The first-order chi connectivity index (χ1) is 9.74. The van der Waals surface area contributed by atoms with E-state index < -0.39 is 0 Å². The van der Waals surface area contributed by atoms with Gasteiger partial charge in [0.25, 0.3) is 0 Å². The Morgan fingerprint density at radius 2 is 1.95 bits per heavy atom. The largest absolute Gasteiger partial charge is 0.385 e. The highest BCUT2D eigenvalue weighted by molar-refractivity contribution is 5.54. The third kappa shape index (κ3) is 3.01. The zero-order chi connectivity index (χ0) is 13.9. The highest BCUT2D eigenvalue weighted by atomic mass is 15.2. The Morgan fingerprint density at radius 1 is 1.15 bits per heavy atom. The normalized spacial score (nSPS) is 26.9. The van der Waals surface area contributed by atoms with E-state index in [1.807, 2.05) is 0 Å². The molecular weight excluding hydrogens is 244 g/mol. The Bertz CT molecular complexity index is 445. The van der Waals surface area contributed by atoms with Crippen molar-refractivity contribution >= 4 is 5.69 Å². The summed E-state index contributed by atoms with van der Waals surface area (Å²) in [6.07, 6.45) is 7.87. The van der Waals surface area contributed by atoms with Gasteiger partial charge in [-0.1, -0.05) is 18.6 Å². The lowest BCUT2D eigenvalue weighted by Crippen LogP contribution is -2.44. The van der Waals surface area contributed by atoms with E-state index >= 15 is 0 Å². The molecule has 2 nitrogen and oxygen atoms in total. The molecule has 2 atom stereocenters. The number of aryl methyl sites for hydroxylation is 1. The maximum absolute atomic E-state index is 3.50. The quantitative estimate of drug-likeness (QED) is 0.899. The van der Waals surface area contributed by atoms with E-state index in [2.05, 4.69) is 42.3 Å². The Labute approximate surface area is 123 Å². The molecule has 2 heterocycles. The summed E-state index contributed by atoms with van der Waals surface area (Å²) in [7, 11) is 0. The summed E-state index contributed by atoms with van der Waals surface area (Å²) in [5.74, 6) is 0. The van der Waals surface area contributed by atoms with Gasteiger partial charge in [-0.15, -0.1) is 0 Å². The van der Waals surface area contributed by atoms with Gasteiger partial charge in [-0.3, -0.25) is 4.90 Å². The molecule has 1 N–H and O–H groups in total. The number of anilines is 1. The standard InChI is InChI=1S/C18H28N2/c1-14-5-3-6-15(2)20(14)12-10-16-8-9-18-17(13-16)7-4-11-19-18/h8-9,13-15,19H,3-7,10-12H2,1-2H3. The zero-order valence-corrected chi connectivity index (χ0v) is 13.0. The van der Waals surface area contributed by atoms with E-state index in [9.17, 15) is 0 Å². The van der Waals surface area contributed by atoms with Crippen LogP contribution >= 0.6 is 0 Å². The van der Waals surface area contributed by atoms with E-state index in [0.717, 1.165) is 18.6 Å². The van der Waals surface area contributed by atoms with Crippen LogP contribution in [0.1, 0.15) is 50.7 Å². The fourth-order valence-electron chi connectivity index (χ4n) is 3.86. The molecule has 0 bridgehead atoms. The molecule has 1 aromatic carbocycles. The minimum Gasteiger partial charge on any atom is -0.385 e. The maximum atomic E-state index is 3.50. The molecule has 2 aliphatic rings. The van der Waals surface area contributed by atoms with Crippen LogP contribution in [0.4, 0.5) is 5.69 Å². The van der Waals surface area contributed by atoms with Gasteiger partial charge in [0.15, 0.2) is 0 Å². The number of rotatable bonds is 3. The van der Waals surface area contributed by atoms with Crippen LogP contribution in [0, 0.1) is 0 Å². The minimum absolute atomic E-state index is 0.762. The van der Waals surface area contributed by atoms with Gasteiger partial charge in [0, 0.05) is 30.9 Å². The molecule has 0 spiro atoms. The Balaban J connectivity index is 1.63. The van der Waals surface area contributed by atoms with Crippen molar-refractivity contribution in [3.05, 3.63) is 29.3 Å². The van der Waals surface area contributed by atoms with Crippen LogP contribution in [0.5, 0.6) is 0 Å². The van der Waals surface area contributed by atoms with Gasteiger partial charge >= 0.3 is 0 Å². The van der Waals surface area contributed by atoms with Crippen LogP contribution in [0.3, 0.4) is 0 Å². The summed E-state index contributed by atoms with van der Waals surface area (Å²) in [4.78, 5) is 2.71. The third-order valence-electron chi connectivity index (χ3n) is 5.14. The number of piperidine rings is 1. The molecule has 2 aliphatic heterocycles. The Hall–Kier alpha value is -1.02. The second-order valence-electron chi connectivity index (χ2n) is 6.64. The van der Waals surface area contributed by atoms with Crippen molar-refractivity contribution in [1.82, 2.24) is 4.90 Å². The number of benzene rings is 1. The van der Waals surface area contributed by atoms with Crippen LogP contribution < -0.4 is 5.32 Å². The number of likely N-dealkylation sites (tertiary alicyclic amines) is 1. The van der Waals surface area contributed by atoms with Crippen LogP contribution in [0.25, 0.3) is 0 Å². The van der Waals surface area contributed by atoms with Crippen LogP contribution in [0.15, 0.2) is 18.2 Å². The fraction of sp³-hybridized carbons (Fsp3) is 0.667. The van der Waals surface area contributed by atoms with Crippen LogP contribution in [0.2, 0.25) is 0 Å². The topological polar surface area (TPSA) is 15.3 Å². The molecule has 1 fully saturated rings. The summed E-state index contributed by atoms with van der Waals surface area (Å²) in [5, 5.41) is 3.50. The van der Waals surface area contributed by atoms with Gasteiger partial charge in [0.05, 0.1) is 0 Å². The number of hydrogen-bond acceptors (Lipinski definition) is 2. The first-order valence-corrected chi connectivity index (χ1v) is 8.35. The van der Waals surface area contributed by atoms with Crippen molar-refractivity contribution < 1.29 is 0 Å². The molecule has 0 amide bonds. The number of nitrogens with zero attached hydrogens (tertiary/aromatic N) is 1. The Morgan fingerprint density at radius 3 is 2.75 bits per heavy atom. The summed E-state index contributed by atoms with van der Waals surface area (Å²) < 4.78 is 0. The van der Waals surface area contributed by atoms with Gasteiger partial charge in [0.1, 0.15) is 0 Å². The number of fused-ring (bicyclic) bond motifs is 1. The average molecular weight is 272 g/mol. The summed E-state index contributed by atoms with van der Waals surface area (Å²) in [6.45, 7) is 7.14. The molecule has 110 valence electrons. The minimum atomic E-state index is 0.762. The van der Waals surface area contributed by atoms with E-state index in [4.69, 9.17) is 0 Å². The average Bonchev–Trinajstić information content (AvgIpc) is 2.46. The predicted molar refractivity (Wildman–Crippen MR) is 86.4 cm³/mol. The fourth-order valence-corrected chi connectivity index (χ4v) is 3.86.